The Hall–Kier alpha value is -0.900. The number of rotatable bonds is 4. The summed E-state index contributed by atoms with van der Waals surface area (Å²) in [7, 11) is 1.92. The van der Waals surface area contributed by atoms with E-state index >= 15 is 0 Å². The molecule has 1 aliphatic rings. The average molecular weight is 420 g/mol. The Bertz CT molecular complexity index is 720. The number of benzene rings is 1. The van der Waals surface area contributed by atoms with Crippen LogP contribution in [0.25, 0.3) is 11.0 Å². The fourth-order valence-electron chi connectivity index (χ4n) is 2.08. The molecule has 9 heteroatoms. The second-order valence-electron chi connectivity index (χ2n) is 5.70. The van der Waals surface area contributed by atoms with Crippen LogP contribution in [0.1, 0.15) is 26.0 Å². The van der Waals surface area contributed by atoms with E-state index in [1.807, 2.05) is 43.4 Å². The molecule has 3 rings (SSSR count). The molecule has 2 aromatic rings. The standard InChI is InChI=1S/C14H16BrN3O3S.H2S/c1-14(2)7-12(17-21-14)20-22-18(3)8-11-9-5-4-6-10(15)13(9)19-16-11;/h4-6H,7-8H2,1-3H3;1H2. The second kappa shape index (κ2) is 7.33. The Balaban J connectivity index is 0.00000192. The smallest absolute Gasteiger partial charge is 0.246 e. The van der Waals surface area contributed by atoms with Gasteiger partial charge in [0.05, 0.1) is 17.4 Å². The van der Waals surface area contributed by atoms with Crippen molar-refractivity contribution in [3.63, 3.8) is 0 Å². The number of para-hydroxylation sites is 1. The van der Waals surface area contributed by atoms with Crippen LogP contribution in [0.4, 0.5) is 0 Å². The van der Waals surface area contributed by atoms with Crippen molar-refractivity contribution < 1.29 is 13.5 Å². The molecular weight excluding hydrogens is 402 g/mol. The summed E-state index contributed by atoms with van der Waals surface area (Å²) in [5, 5.41) is 9.04. The predicted molar refractivity (Wildman–Crippen MR) is 99.4 cm³/mol. The van der Waals surface area contributed by atoms with E-state index in [1.54, 1.807) is 0 Å². The van der Waals surface area contributed by atoms with Gasteiger partial charge in [0.1, 0.15) is 23.5 Å². The zero-order valence-corrected chi connectivity index (χ0v) is 16.4. The van der Waals surface area contributed by atoms with Gasteiger partial charge < -0.3 is 13.5 Å². The van der Waals surface area contributed by atoms with Gasteiger partial charge in [0, 0.05) is 12.4 Å². The molecule has 0 saturated carbocycles. The minimum atomic E-state index is -0.289. The van der Waals surface area contributed by atoms with E-state index < -0.39 is 0 Å². The Morgan fingerprint density at radius 2 is 2.22 bits per heavy atom. The maximum absolute atomic E-state index is 5.58. The molecular formula is C14H18BrN3O3S2. The Kier molecular flexibility index (Phi) is 5.88. The van der Waals surface area contributed by atoms with E-state index in [-0.39, 0.29) is 19.1 Å². The lowest BCUT2D eigenvalue weighted by Crippen LogP contribution is -2.19. The summed E-state index contributed by atoms with van der Waals surface area (Å²) >= 11 is 4.67. The van der Waals surface area contributed by atoms with Crippen LogP contribution in [0.3, 0.4) is 0 Å². The van der Waals surface area contributed by atoms with Crippen LogP contribution in [0.2, 0.25) is 0 Å². The van der Waals surface area contributed by atoms with Crippen LogP contribution in [0.5, 0.6) is 0 Å². The molecule has 0 N–H and O–H groups in total. The van der Waals surface area contributed by atoms with Crippen LogP contribution in [0, 0.1) is 0 Å². The molecule has 0 atom stereocenters. The molecule has 0 amide bonds. The van der Waals surface area contributed by atoms with Crippen LogP contribution in [-0.4, -0.2) is 28.0 Å². The zero-order valence-electron chi connectivity index (χ0n) is 13.0. The lowest BCUT2D eigenvalue weighted by atomic mass is 10.1. The van der Waals surface area contributed by atoms with Crippen molar-refractivity contribution in [2.45, 2.75) is 32.4 Å². The number of halogens is 1. The fraction of sp³-hybridized carbons (Fsp3) is 0.429. The topological polar surface area (TPSA) is 60.1 Å². The van der Waals surface area contributed by atoms with Crippen LogP contribution < -0.4 is 0 Å². The molecule has 0 aliphatic carbocycles. The van der Waals surface area contributed by atoms with E-state index in [0.29, 0.717) is 18.9 Å². The summed E-state index contributed by atoms with van der Waals surface area (Å²) in [6.45, 7) is 4.53. The normalized spacial score (nSPS) is 16.1. The molecule has 0 bridgehead atoms. The van der Waals surface area contributed by atoms with E-state index in [1.165, 1.54) is 12.2 Å². The van der Waals surface area contributed by atoms with Gasteiger partial charge in [0.25, 0.3) is 0 Å². The summed E-state index contributed by atoms with van der Waals surface area (Å²) in [6.07, 6.45) is 0.660. The van der Waals surface area contributed by atoms with E-state index in [2.05, 4.69) is 26.2 Å². The maximum Gasteiger partial charge on any atom is 0.246 e. The third-order valence-electron chi connectivity index (χ3n) is 3.13. The van der Waals surface area contributed by atoms with Gasteiger partial charge in [-0.2, -0.15) is 13.5 Å². The van der Waals surface area contributed by atoms with Gasteiger partial charge in [0.15, 0.2) is 5.58 Å². The molecule has 1 aliphatic heterocycles. The van der Waals surface area contributed by atoms with Gasteiger partial charge in [-0.15, -0.1) is 0 Å². The molecule has 1 aromatic carbocycles. The van der Waals surface area contributed by atoms with E-state index in [0.717, 1.165) is 21.1 Å². The highest BCUT2D eigenvalue weighted by Crippen LogP contribution is 2.29. The van der Waals surface area contributed by atoms with E-state index in [4.69, 9.17) is 13.5 Å². The molecule has 126 valence electrons. The number of hydrogen-bond acceptors (Lipinski definition) is 7. The third kappa shape index (κ3) is 4.34. The molecule has 2 heterocycles. The van der Waals surface area contributed by atoms with Crippen molar-refractivity contribution in [1.82, 2.24) is 9.46 Å². The molecule has 23 heavy (non-hydrogen) atoms. The summed E-state index contributed by atoms with van der Waals surface area (Å²) in [4.78, 5) is 5.26. The Labute approximate surface area is 154 Å². The van der Waals surface area contributed by atoms with Gasteiger partial charge in [-0.05, 0) is 41.9 Å². The highest BCUT2D eigenvalue weighted by atomic mass is 79.9. The average Bonchev–Trinajstić information content (AvgIpc) is 3.01. The first-order valence-electron chi connectivity index (χ1n) is 6.78. The summed E-state index contributed by atoms with van der Waals surface area (Å²) < 4.78 is 13.8. The SMILES string of the molecule is CN(Cc1noc2c(Br)cccc12)SOC1=NOC(C)(C)C1.S. The minimum Gasteiger partial charge on any atom is -0.391 e. The molecule has 0 unspecified atom stereocenters. The summed E-state index contributed by atoms with van der Waals surface area (Å²) in [5.41, 5.74) is 1.33. The lowest BCUT2D eigenvalue weighted by molar-refractivity contribution is 0.0123. The van der Waals surface area contributed by atoms with Crippen molar-refractivity contribution in [1.29, 1.82) is 0 Å². The van der Waals surface area contributed by atoms with Gasteiger partial charge in [-0.3, -0.25) is 0 Å². The number of nitrogens with zero attached hydrogens (tertiary/aromatic N) is 3. The first-order valence-corrected chi connectivity index (χ1v) is 8.27. The second-order valence-corrected chi connectivity index (χ2v) is 7.50. The van der Waals surface area contributed by atoms with Gasteiger partial charge >= 0.3 is 0 Å². The lowest BCUT2D eigenvalue weighted by Gasteiger charge is -2.14. The molecule has 0 saturated heterocycles. The van der Waals surface area contributed by atoms with E-state index in [9.17, 15) is 0 Å². The molecule has 6 nitrogen and oxygen atoms in total. The van der Waals surface area contributed by atoms with Crippen LogP contribution >= 0.6 is 41.7 Å². The monoisotopic (exact) mass is 419 g/mol. The Morgan fingerprint density at radius 1 is 1.43 bits per heavy atom. The highest BCUT2D eigenvalue weighted by molar-refractivity contribution is 9.10. The zero-order chi connectivity index (χ0) is 15.7. The first kappa shape index (κ1) is 18.4. The van der Waals surface area contributed by atoms with Gasteiger partial charge in [-0.25, -0.2) is 4.31 Å². The van der Waals surface area contributed by atoms with Crippen molar-refractivity contribution in [2.75, 3.05) is 7.05 Å². The highest BCUT2D eigenvalue weighted by Gasteiger charge is 2.30. The Morgan fingerprint density at radius 3 is 2.91 bits per heavy atom. The van der Waals surface area contributed by atoms with Crippen LogP contribution in [0.15, 0.2) is 32.4 Å². The number of hydrogen-bond donors (Lipinski definition) is 0. The summed E-state index contributed by atoms with van der Waals surface area (Å²) in [6, 6.07) is 5.88. The predicted octanol–water partition coefficient (Wildman–Crippen LogP) is 4.23. The fourth-order valence-corrected chi connectivity index (χ4v) is 3.00. The number of aromatic nitrogens is 1. The molecule has 1 aromatic heterocycles. The quantitative estimate of drug-likeness (QED) is 0.545. The number of oxime groups is 1. The van der Waals surface area contributed by atoms with Crippen molar-refractivity contribution in [3.8, 4) is 0 Å². The van der Waals surface area contributed by atoms with Gasteiger partial charge in [-0.1, -0.05) is 16.4 Å². The van der Waals surface area contributed by atoms with Crippen LogP contribution in [-0.2, 0) is 15.6 Å². The molecule has 0 fully saturated rings. The van der Waals surface area contributed by atoms with Crippen molar-refractivity contribution in [2.24, 2.45) is 5.16 Å². The van der Waals surface area contributed by atoms with Crippen molar-refractivity contribution in [3.05, 3.63) is 28.4 Å². The number of fused-ring (bicyclic) bond motifs is 1. The van der Waals surface area contributed by atoms with Gasteiger partial charge in [0.2, 0.25) is 5.90 Å². The molecule has 0 spiro atoms. The molecule has 0 radical (unpaired) electrons. The first-order chi connectivity index (χ1) is 10.4. The van der Waals surface area contributed by atoms with Crippen molar-refractivity contribution >= 4 is 58.5 Å². The minimum absolute atomic E-state index is 0. The third-order valence-corrected chi connectivity index (χ3v) is 4.40. The largest absolute Gasteiger partial charge is 0.391 e. The maximum atomic E-state index is 5.58. The summed E-state index contributed by atoms with van der Waals surface area (Å²) in [5.74, 6) is 0.592.